The van der Waals surface area contributed by atoms with Crippen molar-refractivity contribution in [1.29, 1.82) is 0 Å². The Morgan fingerprint density at radius 2 is 2.25 bits per heavy atom. The minimum atomic E-state index is -2.89. The molecule has 1 aromatic rings. The normalized spacial score (nSPS) is 22.0. The highest BCUT2D eigenvalue weighted by atomic mass is 79.9. The molecule has 1 N–H and O–H groups in total. The van der Waals surface area contributed by atoms with Gasteiger partial charge in [0.1, 0.15) is 5.75 Å². The molecule has 1 fully saturated rings. The summed E-state index contributed by atoms with van der Waals surface area (Å²) in [6.07, 6.45) is 3.13. The molecule has 0 spiro atoms. The van der Waals surface area contributed by atoms with E-state index in [4.69, 9.17) is 0 Å². The van der Waals surface area contributed by atoms with Gasteiger partial charge in [-0.15, -0.1) is 0 Å². The monoisotopic (exact) mass is 347 g/mol. The largest absolute Gasteiger partial charge is 0.435 e. The van der Waals surface area contributed by atoms with Gasteiger partial charge in [-0.25, -0.2) is 0 Å². The molecule has 20 heavy (non-hydrogen) atoms. The van der Waals surface area contributed by atoms with Gasteiger partial charge < -0.3 is 10.1 Å². The summed E-state index contributed by atoms with van der Waals surface area (Å²) in [4.78, 5) is 12.1. The van der Waals surface area contributed by atoms with Gasteiger partial charge in [-0.2, -0.15) is 8.78 Å². The van der Waals surface area contributed by atoms with Gasteiger partial charge in [0.15, 0.2) is 0 Å². The molecule has 6 heteroatoms. The molecule has 2 atom stereocenters. The Labute approximate surface area is 124 Å². The van der Waals surface area contributed by atoms with Crippen LogP contribution in [0.4, 0.5) is 8.78 Å². The molecule has 0 saturated heterocycles. The summed E-state index contributed by atoms with van der Waals surface area (Å²) in [6, 6.07) is 6.00. The van der Waals surface area contributed by atoms with E-state index < -0.39 is 6.61 Å². The predicted octanol–water partition coefficient (Wildman–Crippen LogP) is 3.58. The first-order valence-corrected chi connectivity index (χ1v) is 7.64. The van der Waals surface area contributed by atoms with Crippen LogP contribution in [-0.4, -0.2) is 23.9 Å². The average molecular weight is 348 g/mol. The molecule has 0 aromatic heterocycles. The number of nitrogens with one attached hydrogen (secondary N) is 1. The van der Waals surface area contributed by atoms with Gasteiger partial charge in [-0.3, -0.25) is 4.79 Å². The number of benzene rings is 1. The minimum Gasteiger partial charge on any atom is -0.435 e. The van der Waals surface area contributed by atoms with Crippen LogP contribution in [0.3, 0.4) is 0 Å². The van der Waals surface area contributed by atoms with Crippen molar-refractivity contribution in [3.05, 3.63) is 29.8 Å². The molecule has 0 aliphatic heterocycles. The van der Waals surface area contributed by atoms with Crippen LogP contribution >= 0.6 is 15.9 Å². The van der Waals surface area contributed by atoms with Crippen LogP contribution in [0.5, 0.6) is 5.75 Å². The highest BCUT2D eigenvalue weighted by Gasteiger charge is 2.27. The molecule has 2 unspecified atom stereocenters. The topological polar surface area (TPSA) is 38.3 Å². The highest BCUT2D eigenvalue weighted by molar-refractivity contribution is 9.09. The molecule has 110 valence electrons. The Bertz CT molecular complexity index is 470. The number of alkyl halides is 3. The lowest BCUT2D eigenvalue weighted by Gasteiger charge is -2.19. The number of ether oxygens (including phenoxy) is 1. The minimum absolute atomic E-state index is 0.00360. The zero-order valence-electron chi connectivity index (χ0n) is 10.8. The first kappa shape index (κ1) is 15.2. The second-order valence-corrected chi connectivity index (χ2v) is 5.48. The van der Waals surface area contributed by atoms with Crippen LogP contribution in [0.15, 0.2) is 24.3 Å². The van der Waals surface area contributed by atoms with Gasteiger partial charge in [0.05, 0.1) is 0 Å². The van der Waals surface area contributed by atoms with Crippen LogP contribution < -0.4 is 10.1 Å². The predicted molar refractivity (Wildman–Crippen MR) is 75.5 cm³/mol. The van der Waals surface area contributed by atoms with Crippen molar-refractivity contribution in [2.75, 3.05) is 5.33 Å². The Morgan fingerprint density at radius 3 is 2.95 bits per heavy atom. The van der Waals surface area contributed by atoms with Crippen molar-refractivity contribution >= 4 is 21.8 Å². The van der Waals surface area contributed by atoms with Crippen molar-refractivity contribution in [1.82, 2.24) is 5.32 Å². The quantitative estimate of drug-likeness (QED) is 0.826. The van der Waals surface area contributed by atoms with Crippen molar-refractivity contribution in [2.24, 2.45) is 5.92 Å². The molecule has 0 radical (unpaired) electrons. The Balaban J connectivity index is 2.01. The Morgan fingerprint density at radius 1 is 1.45 bits per heavy atom. The summed E-state index contributed by atoms with van der Waals surface area (Å²) in [7, 11) is 0. The summed E-state index contributed by atoms with van der Waals surface area (Å²) in [5.41, 5.74) is 0.336. The number of amides is 1. The van der Waals surface area contributed by atoms with E-state index in [0.717, 1.165) is 24.6 Å². The zero-order chi connectivity index (χ0) is 14.5. The third-order valence-electron chi connectivity index (χ3n) is 3.50. The molecule has 1 saturated carbocycles. The molecule has 0 bridgehead atoms. The number of rotatable bonds is 5. The molecule has 1 aliphatic rings. The molecular weight excluding hydrogens is 332 g/mol. The third-order valence-corrected chi connectivity index (χ3v) is 4.33. The van der Waals surface area contributed by atoms with Crippen molar-refractivity contribution in [3.63, 3.8) is 0 Å². The fourth-order valence-electron chi connectivity index (χ4n) is 2.48. The fourth-order valence-corrected chi connectivity index (χ4v) is 3.25. The van der Waals surface area contributed by atoms with Gasteiger partial charge in [0.2, 0.25) is 0 Å². The standard InChI is InChI=1S/C14H16BrF2NO2/c15-8-10-4-2-6-12(10)18-13(19)9-3-1-5-11(7-9)20-14(16)17/h1,3,5,7,10,12,14H,2,4,6,8H2,(H,18,19). The first-order valence-electron chi connectivity index (χ1n) is 6.52. The number of halogens is 3. The van der Waals surface area contributed by atoms with Crippen LogP contribution in [-0.2, 0) is 0 Å². The Hall–Kier alpha value is -1.17. The lowest BCUT2D eigenvalue weighted by molar-refractivity contribution is -0.0498. The summed E-state index contributed by atoms with van der Waals surface area (Å²) < 4.78 is 28.6. The third kappa shape index (κ3) is 3.91. The maximum absolute atomic E-state index is 12.1. The average Bonchev–Trinajstić information content (AvgIpc) is 2.85. The molecule has 1 aliphatic carbocycles. The number of carbonyl (C=O) groups is 1. The lowest BCUT2D eigenvalue weighted by atomic mass is 10.1. The zero-order valence-corrected chi connectivity index (χ0v) is 12.4. The van der Waals surface area contributed by atoms with E-state index in [9.17, 15) is 13.6 Å². The Kier molecular flexibility index (Phi) is 5.34. The SMILES string of the molecule is O=C(NC1CCCC1CBr)c1cccc(OC(F)F)c1. The van der Waals surface area contributed by atoms with E-state index in [2.05, 4.69) is 26.0 Å². The van der Waals surface area contributed by atoms with Gasteiger partial charge in [-0.05, 0) is 37.0 Å². The van der Waals surface area contributed by atoms with Gasteiger partial charge >= 0.3 is 6.61 Å². The van der Waals surface area contributed by atoms with Crippen LogP contribution in [0.1, 0.15) is 29.6 Å². The van der Waals surface area contributed by atoms with E-state index in [1.807, 2.05) is 0 Å². The second kappa shape index (κ2) is 7.02. The van der Waals surface area contributed by atoms with Crippen molar-refractivity contribution < 1.29 is 18.3 Å². The summed E-state index contributed by atoms with van der Waals surface area (Å²) in [6.45, 7) is -2.89. The van der Waals surface area contributed by atoms with Gasteiger partial charge in [-0.1, -0.05) is 28.4 Å². The van der Waals surface area contributed by atoms with Crippen LogP contribution in [0.2, 0.25) is 0 Å². The van der Waals surface area contributed by atoms with Crippen LogP contribution in [0.25, 0.3) is 0 Å². The van der Waals surface area contributed by atoms with E-state index in [1.165, 1.54) is 18.2 Å². The summed E-state index contributed by atoms with van der Waals surface area (Å²) in [5.74, 6) is 0.179. The number of hydrogen-bond acceptors (Lipinski definition) is 2. The van der Waals surface area contributed by atoms with E-state index in [-0.39, 0.29) is 17.7 Å². The maximum Gasteiger partial charge on any atom is 0.387 e. The molecule has 0 heterocycles. The van der Waals surface area contributed by atoms with E-state index in [1.54, 1.807) is 6.07 Å². The highest BCUT2D eigenvalue weighted by Crippen LogP contribution is 2.27. The van der Waals surface area contributed by atoms with Crippen molar-refractivity contribution in [3.8, 4) is 5.75 Å². The van der Waals surface area contributed by atoms with Gasteiger partial charge in [0, 0.05) is 16.9 Å². The van der Waals surface area contributed by atoms with Gasteiger partial charge in [0.25, 0.3) is 5.91 Å². The smallest absolute Gasteiger partial charge is 0.387 e. The molecule has 1 aromatic carbocycles. The van der Waals surface area contributed by atoms with E-state index in [0.29, 0.717) is 11.5 Å². The lowest BCUT2D eigenvalue weighted by Crippen LogP contribution is -2.37. The second-order valence-electron chi connectivity index (χ2n) is 4.83. The summed E-state index contributed by atoms with van der Waals surface area (Å²) >= 11 is 3.45. The molecular formula is C14H16BrF2NO2. The fraction of sp³-hybridized carbons (Fsp3) is 0.500. The first-order chi connectivity index (χ1) is 9.60. The molecule has 3 nitrogen and oxygen atoms in total. The van der Waals surface area contributed by atoms with Crippen molar-refractivity contribution in [2.45, 2.75) is 31.9 Å². The molecule has 2 rings (SSSR count). The molecule has 1 amide bonds. The number of carbonyl (C=O) groups excluding carboxylic acids is 1. The maximum atomic E-state index is 12.1. The summed E-state index contributed by atoms with van der Waals surface area (Å²) in [5, 5.41) is 3.82. The number of hydrogen-bond donors (Lipinski definition) is 1. The van der Waals surface area contributed by atoms with E-state index >= 15 is 0 Å². The van der Waals surface area contributed by atoms with Crippen LogP contribution in [0, 0.1) is 5.92 Å².